The highest BCUT2D eigenvalue weighted by Crippen LogP contribution is 2.18. The van der Waals surface area contributed by atoms with Crippen LogP contribution in [0.1, 0.15) is 348 Å². The van der Waals surface area contributed by atoms with Gasteiger partial charge in [0.25, 0.3) is 0 Å². The van der Waals surface area contributed by atoms with Gasteiger partial charge in [0.2, 0.25) is 0 Å². The summed E-state index contributed by atoms with van der Waals surface area (Å²) in [4.78, 5) is 38.0. The number of rotatable bonds is 63. The molecule has 0 aliphatic rings. The van der Waals surface area contributed by atoms with Crippen molar-refractivity contribution in [3.05, 3.63) is 85.1 Å². The van der Waals surface area contributed by atoms with Crippen LogP contribution in [0, 0.1) is 0 Å². The van der Waals surface area contributed by atoms with E-state index < -0.39 is 6.10 Å². The average molecular weight is 1120 g/mol. The van der Waals surface area contributed by atoms with Crippen LogP contribution in [-0.4, -0.2) is 37.2 Å². The van der Waals surface area contributed by atoms with E-state index in [4.69, 9.17) is 14.2 Å². The van der Waals surface area contributed by atoms with Crippen molar-refractivity contribution in [2.75, 3.05) is 13.2 Å². The number of hydrogen-bond acceptors (Lipinski definition) is 6. The first-order valence-electron chi connectivity index (χ1n) is 34.6. The Kier molecular flexibility index (Phi) is 65.2. The Morgan fingerprint density at radius 1 is 0.263 bits per heavy atom. The van der Waals surface area contributed by atoms with E-state index in [1.54, 1.807) is 0 Å². The maximum Gasteiger partial charge on any atom is 0.306 e. The van der Waals surface area contributed by atoms with Crippen LogP contribution in [0.2, 0.25) is 0 Å². The molecule has 6 nitrogen and oxygen atoms in total. The third-order valence-corrected chi connectivity index (χ3v) is 15.2. The van der Waals surface area contributed by atoms with Gasteiger partial charge in [-0.3, -0.25) is 14.4 Å². The maximum absolute atomic E-state index is 12.9. The van der Waals surface area contributed by atoms with Crippen LogP contribution in [0.15, 0.2) is 85.1 Å². The molecule has 0 bridgehead atoms. The minimum atomic E-state index is -0.772. The molecule has 0 aromatic carbocycles. The molecule has 462 valence electrons. The van der Waals surface area contributed by atoms with Crippen LogP contribution < -0.4 is 0 Å². The molecule has 0 spiro atoms. The second kappa shape index (κ2) is 68.1. The summed E-state index contributed by atoms with van der Waals surface area (Å²) in [6, 6.07) is 0. The van der Waals surface area contributed by atoms with Gasteiger partial charge < -0.3 is 14.2 Å². The van der Waals surface area contributed by atoms with Crippen LogP contribution in [0.3, 0.4) is 0 Å². The van der Waals surface area contributed by atoms with Gasteiger partial charge in [-0.05, 0) is 77.0 Å². The zero-order chi connectivity index (χ0) is 57.8. The van der Waals surface area contributed by atoms with Crippen molar-refractivity contribution < 1.29 is 28.6 Å². The number of unbranched alkanes of at least 4 members (excludes halogenated alkanes) is 38. The Morgan fingerprint density at radius 3 is 0.762 bits per heavy atom. The number of ether oxygens (including phenoxy) is 3. The Morgan fingerprint density at radius 2 is 0.487 bits per heavy atom. The molecule has 0 aromatic rings. The van der Waals surface area contributed by atoms with Gasteiger partial charge in [-0.15, -0.1) is 0 Å². The quantitative estimate of drug-likeness (QED) is 0.0261. The summed E-state index contributed by atoms with van der Waals surface area (Å²) in [7, 11) is 0. The summed E-state index contributed by atoms with van der Waals surface area (Å²) in [5.41, 5.74) is 0. The topological polar surface area (TPSA) is 78.9 Å². The van der Waals surface area contributed by atoms with Crippen LogP contribution in [0.4, 0.5) is 0 Å². The van der Waals surface area contributed by atoms with Gasteiger partial charge in [0.1, 0.15) is 13.2 Å². The third-order valence-electron chi connectivity index (χ3n) is 15.2. The number of carbonyl (C=O) groups is 3. The van der Waals surface area contributed by atoms with Crippen molar-refractivity contribution in [2.45, 2.75) is 354 Å². The van der Waals surface area contributed by atoms with Crippen molar-refractivity contribution in [2.24, 2.45) is 0 Å². The summed E-state index contributed by atoms with van der Waals surface area (Å²) < 4.78 is 16.8. The van der Waals surface area contributed by atoms with Crippen molar-refractivity contribution >= 4 is 17.9 Å². The van der Waals surface area contributed by atoms with E-state index in [0.29, 0.717) is 19.3 Å². The molecule has 0 radical (unpaired) electrons. The molecule has 0 fully saturated rings. The fraction of sp³-hybridized carbons (Fsp3) is 0.770. The summed E-state index contributed by atoms with van der Waals surface area (Å²) in [6.07, 6.45) is 90.9. The van der Waals surface area contributed by atoms with Crippen LogP contribution in [-0.2, 0) is 28.6 Å². The first kappa shape index (κ1) is 76.6. The molecule has 0 rings (SSSR count). The lowest BCUT2D eigenvalue weighted by Crippen LogP contribution is -2.30. The normalized spacial score (nSPS) is 12.6. The molecule has 0 aliphatic carbocycles. The number of carbonyl (C=O) groups excluding carboxylic acids is 3. The van der Waals surface area contributed by atoms with Gasteiger partial charge in [0, 0.05) is 19.3 Å². The van der Waals surface area contributed by atoms with Crippen LogP contribution >= 0.6 is 0 Å². The minimum Gasteiger partial charge on any atom is -0.462 e. The smallest absolute Gasteiger partial charge is 0.306 e. The second-order valence-corrected chi connectivity index (χ2v) is 23.1. The molecule has 1 atom stereocenters. The average Bonchev–Trinajstić information content (AvgIpc) is 3.46. The molecule has 6 heteroatoms. The van der Waals surface area contributed by atoms with Gasteiger partial charge in [-0.25, -0.2) is 0 Å². The van der Waals surface area contributed by atoms with Crippen molar-refractivity contribution in [1.82, 2.24) is 0 Å². The van der Waals surface area contributed by atoms with E-state index in [2.05, 4.69) is 106 Å². The summed E-state index contributed by atoms with van der Waals surface area (Å²) in [6.45, 7) is 6.49. The predicted molar refractivity (Wildman–Crippen MR) is 348 cm³/mol. The Labute approximate surface area is 496 Å². The van der Waals surface area contributed by atoms with Gasteiger partial charge in [0.05, 0.1) is 0 Å². The van der Waals surface area contributed by atoms with Gasteiger partial charge in [-0.1, -0.05) is 337 Å². The molecule has 0 N–H and O–H groups in total. The van der Waals surface area contributed by atoms with Gasteiger partial charge in [0.15, 0.2) is 6.10 Å². The Hall–Kier alpha value is -3.41. The monoisotopic (exact) mass is 1110 g/mol. The Bertz CT molecular complexity index is 1520. The van der Waals surface area contributed by atoms with Crippen molar-refractivity contribution in [3.63, 3.8) is 0 Å². The van der Waals surface area contributed by atoms with E-state index >= 15 is 0 Å². The first-order chi connectivity index (χ1) is 39.5. The Balaban J connectivity index is 3.99. The highest BCUT2D eigenvalue weighted by molar-refractivity contribution is 5.71. The first-order valence-corrected chi connectivity index (χ1v) is 34.6. The molecule has 0 saturated heterocycles. The molecule has 0 aliphatic heterocycles. The van der Waals surface area contributed by atoms with E-state index in [9.17, 15) is 14.4 Å². The van der Waals surface area contributed by atoms with E-state index in [1.165, 1.54) is 199 Å². The SMILES string of the molecule is CC/C=C\C/C=C\C/C=C\C/C=C\C/C=C\C/C=C\C/C=C\CCCCCCCCCCCCCC(=O)OCC(COC(=O)CCCCCCC)OC(=O)CCCCCCCCCCCCCCCCCCCCCCCCCC. The van der Waals surface area contributed by atoms with Crippen molar-refractivity contribution in [1.29, 1.82) is 0 Å². The molecule has 0 heterocycles. The van der Waals surface area contributed by atoms with Crippen molar-refractivity contribution in [3.8, 4) is 0 Å². The zero-order valence-corrected chi connectivity index (χ0v) is 53.1. The van der Waals surface area contributed by atoms with Gasteiger partial charge in [-0.2, -0.15) is 0 Å². The lowest BCUT2D eigenvalue weighted by molar-refractivity contribution is -0.167. The summed E-state index contributed by atoms with van der Waals surface area (Å²) in [5.74, 6) is -0.873. The summed E-state index contributed by atoms with van der Waals surface area (Å²) >= 11 is 0. The third kappa shape index (κ3) is 65.4. The zero-order valence-electron chi connectivity index (χ0n) is 53.1. The molecule has 80 heavy (non-hydrogen) atoms. The van der Waals surface area contributed by atoms with Crippen LogP contribution in [0.25, 0.3) is 0 Å². The van der Waals surface area contributed by atoms with E-state index in [-0.39, 0.29) is 31.1 Å². The molecular formula is C74H130O6. The molecular weight excluding hydrogens is 985 g/mol. The van der Waals surface area contributed by atoms with E-state index in [0.717, 1.165) is 109 Å². The summed E-state index contributed by atoms with van der Waals surface area (Å²) in [5, 5.41) is 0. The number of hydrogen-bond donors (Lipinski definition) is 0. The number of allylic oxidation sites excluding steroid dienone is 14. The predicted octanol–water partition coefficient (Wildman–Crippen LogP) is 23.8. The lowest BCUT2D eigenvalue weighted by atomic mass is 10.0. The molecule has 0 aromatic heterocycles. The standard InChI is InChI=1S/C74H130O6/c1-4-7-10-13-15-17-19-21-23-25-27-29-31-33-34-35-36-37-38-39-40-41-43-44-46-48-50-52-54-56-58-61-64-67-73(76)79-70-71(69-78-72(75)66-63-60-12-9-6-3)80-74(77)68-65-62-59-57-55-53-51-49-47-45-42-32-30-28-26-24-22-20-18-16-14-11-8-5-2/h7,10,15,17,21,23,27,29,33-34,36-37,39-40,71H,4-6,8-9,11-14,16,18-20,22,24-26,28,30-32,35,38,41-70H2,1-3H3/b10-7-,17-15-,23-21-,29-27-,34-33-,37-36-,40-39-. The minimum absolute atomic E-state index is 0.0735. The van der Waals surface area contributed by atoms with Gasteiger partial charge >= 0.3 is 17.9 Å². The molecule has 0 saturated carbocycles. The van der Waals surface area contributed by atoms with Crippen LogP contribution in [0.5, 0.6) is 0 Å². The highest BCUT2D eigenvalue weighted by atomic mass is 16.6. The fourth-order valence-electron chi connectivity index (χ4n) is 10.0. The maximum atomic E-state index is 12.9. The second-order valence-electron chi connectivity index (χ2n) is 23.1. The fourth-order valence-corrected chi connectivity index (χ4v) is 10.0. The molecule has 1 unspecified atom stereocenters. The number of esters is 3. The lowest BCUT2D eigenvalue weighted by Gasteiger charge is -2.18. The largest absolute Gasteiger partial charge is 0.462 e. The highest BCUT2D eigenvalue weighted by Gasteiger charge is 2.19. The molecule has 0 amide bonds. The van der Waals surface area contributed by atoms with E-state index in [1.807, 2.05) is 0 Å².